The first-order valence-electron chi connectivity index (χ1n) is 17.1. The van der Waals surface area contributed by atoms with Crippen LogP contribution in [-0.4, -0.2) is 82.2 Å². The van der Waals surface area contributed by atoms with Crippen LogP contribution in [0.1, 0.15) is 114 Å². The normalized spacial score (nSPS) is 13.4. The molecule has 0 aliphatic rings. The molecule has 0 aromatic heterocycles. The summed E-state index contributed by atoms with van der Waals surface area (Å²) in [6.45, 7) is 18.8. The Kier molecular flexibility index (Phi) is 21.0. The summed E-state index contributed by atoms with van der Waals surface area (Å²) in [7, 11) is 0. The van der Waals surface area contributed by atoms with Crippen molar-refractivity contribution in [2.45, 2.75) is 117 Å². The quantitative estimate of drug-likeness (QED) is 0.124. The van der Waals surface area contributed by atoms with Crippen LogP contribution in [-0.2, 0) is 19.8 Å². The zero-order chi connectivity index (χ0) is 39.2. The Labute approximate surface area is 315 Å². The van der Waals surface area contributed by atoms with Gasteiger partial charge in [0.15, 0.2) is 0 Å². The van der Waals surface area contributed by atoms with E-state index in [-0.39, 0.29) is 66.1 Å². The van der Waals surface area contributed by atoms with Crippen LogP contribution in [0.15, 0.2) is 54.6 Å². The molecule has 52 heavy (non-hydrogen) atoms. The van der Waals surface area contributed by atoms with E-state index in [1.807, 2.05) is 62.3 Å². The minimum atomic E-state index is -0.653. The number of halogens is 1. The van der Waals surface area contributed by atoms with Crippen LogP contribution in [0.2, 0.25) is 0 Å². The molecule has 296 valence electrons. The van der Waals surface area contributed by atoms with E-state index in [0.717, 1.165) is 0 Å². The molecule has 0 radical (unpaired) electrons. The summed E-state index contributed by atoms with van der Waals surface area (Å²) in [5.41, 5.74) is 3.16. The summed E-state index contributed by atoms with van der Waals surface area (Å²) >= 11 is 0. The van der Waals surface area contributed by atoms with Gasteiger partial charge in [-0.25, -0.2) is 0 Å². The SMILES string of the molecule is CC(C)(C)NCC(O)c1ccc(O)c(CO)c1.CC(C)(C)NC[C@H](O)c1ccc(O)c(CO)c1.CC(C)(C)NC[C@H](O)c1ccc(O)c(CO)c1.Cl. The Balaban J connectivity index is 0.000000743. The summed E-state index contributed by atoms with van der Waals surface area (Å²) in [6.07, 6.45) is -1.96. The van der Waals surface area contributed by atoms with E-state index in [1.165, 1.54) is 18.2 Å². The average molecular weight is 754 g/mol. The molecule has 3 rings (SSSR count). The molecule has 0 heterocycles. The zero-order valence-corrected chi connectivity index (χ0v) is 32.9. The van der Waals surface area contributed by atoms with Gasteiger partial charge in [0.05, 0.1) is 38.1 Å². The number of hydrogen-bond donors (Lipinski definition) is 12. The summed E-state index contributed by atoms with van der Waals surface area (Å²) in [5, 5.41) is 94.8. The number of phenols is 3. The lowest BCUT2D eigenvalue weighted by molar-refractivity contribution is 0.162. The molecule has 12 N–H and O–H groups in total. The summed E-state index contributed by atoms with van der Waals surface area (Å²) < 4.78 is 0. The number of β-amino-alcohol motifs (C(OH)–C–C–N with tert-alkyl or cyclic N) is 3. The van der Waals surface area contributed by atoms with Crippen LogP contribution in [0.4, 0.5) is 0 Å². The summed E-state index contributed by atoms with van der Waals surface area (Å²) in [4.78, 5) is 0. The molecule has 0 bridgehead atoms. The van der Waals surface area contributed by atoms with Crippen LogP contribution in [0.5, 0.6) is 17.2 Å². The highest BCUT2D eigenvalue weighted by molar-refractivity contribution is 5.85. The second-order valence-corrected chi connectivity index (χ2v) is 15.6. The van der Waals surface area contributed by atoms with Gasteiger partial charge in [-0.3, -0.25) is 0 Å². The lowest BCUT2D eigenvalue weighted by atomic mass is 10.0. The Morgan fingerprint density at radius 3 is 0.827 bits per heavy atom. The van der Waals surface area contributed by atoms with Gasteiger partial charge in [0.25, 0.3) is 0 Å². The van der Waals surface area contributed by atoms with Crippen LogP contribution < -0.4 is 16.0 Å². The van der Waals surface area contributed by atoms with Gasteiger partial charge in [0, 0.05) is 52.9 Å². The minimum Gasteiger partial charge on any atom is -0.508 e. The predicted molar refractivity (Wildman–Crippen MR) is 207 cm³/mol. The number of benzene rings is 3. The fourth-order valence-electron chi connectivity index (χ4n) is 4.38. The Morgan fingerprint density at radius 1 is 0.442 bits per heavy atom. The number of aliphatic hydroxyl groups excluding tert-OH is 6. The second-order valence-electron chi connectivity index (χ2n) is 15.6. The topological polar surface area (TPSA) is 218 Å². The number of rotatable bonds is 12. The fraction of sp³-hybridized carbons (Fsp3) is 0.538. The maximum Gasteiger partial charge on any atom is 0.121 e. The first-order chi connectivity index (χ1) is 23.5. The van der Waals surface area contributed by atoms with Crippen molar-refractivity contribution in [3.8, 4) is 17.2 Å². The standard InChI is InChI=1S/3C13H21NO3.ClH/c3*1-13(2,3)14-7-12(17)9-4-5-11(16)10(6-9)8-15;/h3*4-6,12,14-17H,7-8H2,1-3H3;1H/t2*12-;;/m00../s1. The molecule has 3 aromatic rings. The van der Waals surface area contributed by atoms with Crippen LogP contribution in [0, 0.1) is 0 Å². The first kappa shape index (κ1) is 49.0. The third kappa shape index (κ3) is 19.2. The first-order valence-corrected chi connectivity index (χ1v) is 17.1. The molecule has 13 heteroatoms. The van der Waals surface area contributed by atoms with Gasteiger partial charge in [-0.15, -0.1) is 12.4 Å². The lowest BCUT2D eigenvalue weighted by Gasteiger charge is -2.23. The molecule has 0 spiro atoms. The lowest BCUT2D eigenvalue weighted by Crippen LogP contribution is -2.38. The van der Waals surface area contributed by atoms with E-state index in [9.17, 15) is 30.6 Å². The zero-order valence-electron chi connectivity index (χ0n) is 32.1. The molecule has 12 nitrogen and oxygen atoms in total. The summed E-state index contributed by atoms with van der Waals surface area (Å²) in [5.74, 6) is 0.145. The van der Waals surface area contributed by atoms with Crippen molar-refractivity contribution in [1.29, 1.82) is 0 Å². The predicted octanol–water partition coefficient (Wildman–Crippen LogP) is 4.34. The molecular weight excluding hydrogens is 690 g/mol. The van der Waals surface area contributed by atoms with E-state index in [4.69, 9.17) is 15.3 Å². The molecule has 3 atom stereocenters. The van der Waals surface area contributed by atoms with Gasteiger partial charge in [-0.1, -0.05) is 18.2 Å². The van der Waals surface area contributed by atoms with Gasteiger partial charge < -0.3 is 61.9 Å². The van der Waals surface area contributed by atoms with Crippen LogP contribution in [0.25, 0.3) is 0 Å². The van der Waals surface area contributed by atoms with Crippen molar-refractivity contribution in [3.63, 3.8) is 0 Å². The van der Waals surface area contributed by atoms with E-state index in [0.29, 0.717) is 53.0 Å². The summed E-state index contributed by atoms with van der Waals surface area (Å²) in [6, 6.07) is 14.3. The highest BCUT2D eigenvalue weighted by Gasteiger charge is 2.17. The number of aliphatic hydroxyl groups is 6. The van der Waals surface area contributed by atoms with E-state index < -0.39 is 18.3 Å². The Hall–Kier alpha value is -3.01. The number of hydrogen-bond acceptors (Lipinski definition) is 12. The molecule has 0 fully saturated rings. The third-order valence-electron chi connectivity index (χ3n) is 7.45. The molecular formula is C39H64ClN3O9. The van der Waals surface area contributed by atoms with Crippen molar-refractivity contribution in [3.05, 3.63) is 88.0 Å². The molecule has 0 aliphatic heterocycles. The van der Waals surface area contributed by atoms with Gasteiger partial charge in [-0.2, -0.15) is 0 Å². The maximum atomic E-state index is 9.97. The number of nitrogens with one attached hydrogen (secondary N) is 3. The second kappa shape index (κ2) is 22.3. The van der Waals surface area contributed by atoms with Gasteiger partial charge in [0.2, 0.25) is 0 Å². The van der Waals surface area contributed by atoms with E-state index in [1.54, 1.807) is 36.4 Å². The van der Waals surface area contributed by atoms with Crippen molar-refractivity contribution in [2.24, 2.45) is 0 Å². The Morgan fingerprint density at radius 2 is 0.654 bits per heavy atom. The average Bonchev–Trinajstić information content (AvgIpc) is 3.05. The van der Waals surface area contributed by atoms with Gasteiger partial charge in [-0.05, 0) is 115 Å². The molecule has 0 saturated carbocycles. The number of aromatic hydroxyl groups is 3. The van der Waals surface area contributed by atoms with Crippen molar-refractivity contribution >= 4 is 12.4 Å². The molecule has 0 aliphatic carbocycles. The highest BCUT2D eigenvalue weighted by Crippen LogP contribution is 2.25. The fourth-order valence-corrected chi connectivity index (χ4v) is 4.38. The molecule has 0 saturated heterocycles. The van der Waals surface area contributed by atoms with E-state index >= 15 is 0 Å². The minimum absolute atomic E-state index is 0. The van der Waals surface area contributed by atoms with E-state index in [2.05, 4.69) is 16.0 Å². The largest absolute Gasteiger partial charge is 0.508 e. The monoisotopic (exact) mass is 753 g/mol. The van der Waals surface area contributed by atoms with Crippen LogP contribution >= 0.6 is 12.4 Å². The van der Waals surface area contributed by atoms with Crippen molar-refractivity contribution < 1.29 is 46.0 Å². The van der Waals surface area contributed by atoms with Crippen molar-refractivity contribution in [2.75, 3.05) is 19.6 Å². The van der Waals surface area contributed by atoms with Gasteiger partial charge >= 0.3 is 0 Å². The Bertz CT molecular complexity index is 1300. The molecule has 1 unspecified atom stereocenters. The highest BCUT2D eigenvalue weighted by atomic mass is 35.5. The van der Waals surface area contributed by atoms with Crippen molar-refractivity contribution in [1.82, 2.24) is 16.0 Å². The van der Waals surface area contributed by atoms with Gasteiger partial charge in [0.1, 0.15) is 17.2 Å². The molecule has 0 amide bonds. The maximum absolute atomic E-state index is 9.97. The van der Waals surface area contributed by atoms with Crippen LogP contribution in [0.3, 0.4) is 0 Å². The third-order valence-corrected chi connectivity index (χ3v) is 7.45. The molecule has 3 aromatic carbocycles. The smallest absolute Gasteiger partial charge is 0.121 e.